The number of aliphatic hydroxyl groups excluding tert-OH is 1. The van der Waals surface area contributed by atoms with Gasteiger partial charge in [0.1, 0.15) is 18.5 Å². The summed E-state index contributed by atoms with van der Waals surface area (Å²) in [6.45, 7) is 0.129. The molecule has 0 aromatic heterocycles. The summed E-state index contributed by atoms with van der Waals surface area (Å²) in [7, 11) is 0. The fraction of sp³-hybridized carbons (Fsp3) is 0.143. The molecule has 18 heavy (non-hydrogen) atoms. The Bertz CT molecular complexity index is 529. The van der Waals surface area contributed by atoms with E-state index in [0.29, 0.717) is 15.8 Å². The fourth-order valence-electron chi connectivity index (χ4n) is 1.54. The number of para-hydroxylation sites is 1. The van der Waals surface area contributed by atoms with Crippen LogP contribution in [0.2, 0.25) is 10.0 Å². The normalized spacial score (nSPS) is 12.2. The van der Waals surface area contributed by atoms with Crippen molar-refractivity contribution in [1.29, 1.82) is 0 Å². The summed E-state index contributed by atoms with van der Waals surface area (Å²) in [4.78, 5) is 0. The van der Waals surface area contributed by atoms with E-state index in [1.54, 1.807) is 36.4 Å². The first-order valence-electron chi connectivity index (χ1n) is 5.47. The van der Waals surface area contributed by atoms with Gasteiger partial charge in [-0.2, -0.15) is 0 Å². The Kier molecular flexibility index (Phi) is 4.48. The summed E-state index contributed by atoms with van der Waals surface area (Å²) in [5.41, 5.74) is 0.717. The van der Waals surface area contributed by atoms with Crippen molar-refractivity contribution in [3.63, 3.8) is 0 Å². The molecule has 0 bridgehead atoms. The molecule has 4 heteroatoms. The van der Waals surface area contributed by atoms with E-state index in [-0.39, 0.29) is 6.61 Å². The van der Waals surface area contributed by atoms with Crippen LogP contribution in [0.4, 0.5) is 0 Å². The zero-order chi connectivity index (χ0) is 13.0. The van der Waals surface area contributed by atoms with Crippen LogP contribution in [0, 0.1) is 0 Å². The number of halogens is 2. The van der Waals surface area contributed by atoms with E-state index in [9.17, 15) is 5.11 Å². The Hall–Kier alpha value is -1.22. The maximum atomic E-state index is 9.97. The predicted molar refractivity (Wildman–Crippen MR) is 73.4 cm³/mol. The maximum absolute atomic E-state index is 9.97. The average molecular weight is 283 g/mol. The molecule has 0 radical (unpaired) electrons. The minimum absolute atomic E-state index is 0.129. The molecule has 0 spiro atoms. The van der Waals surface area contributed by atoms with E-state index in [1.807, 2.05) is 12.1 Å². The average Bonchev–Trinajstić information content (AvgIpc) is 2.37. The van der Waals surface area contributed by atoms with Crippen molar-refractivity contribution >= 4 is 23.2 Å². The van der Waals surface area contributed by atoms with E-state index >= 15 is 0 Å². The smallest absolute Gasteiger partial charge is 0.138 e. The second-order valence-corrected chi connectivity index (χ2v) is 4.66. The third-order valence-electron chi connectivity index (χ3n) is 2.47. The van der Waals surface area contributed by atoms with Gasteiger partial charge in [-0.25, -0.2) is 0 Å². The van der Waals surface area contributed by atoms with Gasteiger partial charge in [-0.3, -0.25) is 0 Å². The summed E-state index contributed by atoms with van der Waals surface area (Å²) in [6.07, 6.45) is -0.736. The third-order valence-corrected chi connectivity index (χ3v) is 3.01. The molecule has 0 aliphatic carbocycles. The molecule has 1 atom stereocenters. The van der Waals surface area contributed by atoms with Gasteiger partial charge >= 0.3 is 0 Å². The minimum atomic E-state index is -0.736. The Morgan fingerprint density at radius 2 is 1.83 bits per heavy atom. The van der Waals surface area contributed by atoms with Gasteiger partial charge in [-0.05, 0) is 29.8 Å². The number of aliphatic hydroxyl groups is 1. The van der Waals surface area contributed by atoms with Crippen LogP contribution < -0.4 is 4.74 Å². The number of rotatable bonds is 4. The molecule has 0 fully saturated rings. The van der Waals surface area contributed by atoms with Gasteiger partial charge in [0, 0.05) is 5.02 Å². The Balaban J connectivity index is 2.00. The molecule has 0 aliphatic rings. The van der Waals surface area contributed by atoms with Crippen molar-refractivity contribution in [3.05, 3.63) is 64.1 Å². The van der Waals surface area contributed by atoms with E-state index < -0.39 is 6.10 Å². The summed E-state index contributed by atoms with van der Waals surface area (Å²) in [5, 5.41) is 11.1. The monoisotopic (exact) mass is 282 g/mol. The molecule has 1 N–H and O–H groups in total. The van der Waals surface area contributed by atoms with E-state index in [1.165, 1.54) is 0 Å². The zero-order valence-electron chi connectivity index (χ0n) is 9.51. The van der Waals surface area contributed by atoms with Crippen molar-refractivity contribution < 1.29 is 9.84 Å². The van der Waals surface area contributed by atoms with Gasteiger partial charge < -0.3 is 9.84 Å². The van der Waals surface area contributed by atoms with Crippen LogP contribution in [0.1, 0.15) is 11.7 Å². The lowest BCUT2D eigenvalue weighted by Crippen LogP contribution is -2.09. The van der Waals surface area contributed by atoms with Gasteiger partial charge in [0.15, 0.2) is 0 Å². The summed E-state index contributed by atoms with van der Waals surface area (Å²) >= 11 is 11.8. The van der Waals surface area contributed by atoms with Gasteiger partial charge in [0.05, 0.1) is 5.02 Å². The number of ether oxygens (including phenoxy) is 1. The molecule has 2 nitrogen and oxygen atoms in total. The van der Waals surface area contributed by atoms with E-state index in [2.05, 4.69) is 0 Å². The molecular formula is C14H12Cl2O2. The maximum Gasteiger partial charge on any atom is 0.138 e. The van der Waals surface area contributed by atoms with Gasteiger partial charge in [-0.15, -0.1) is 0 Å². The number of benzene rings is 2. The lowest BCUT2D eigenvalue weighted by molar-refractivity contribution is 0.108. The molecule has 0 saturated carbocycles. The van der Waals surface area contributed by atoms with Gasteiger partial charge in [0.25, 0.3) is 0 Å². The Morgan fingerprint density at radius 1 is 1.06 bits per heavy atom. The highest BCUT2D eigenvalue weighted by Crippen LogP contribution is 2.25. The van der Waals surface area contributed by atoms with Crippen LogP contribution >= 0.6 is 23.2 Å². The minimum Gasteiger partial charge on any atom is -0.489 e. The van der Waals surface area contributed by atoms with Gasteiger partial charge in [0.2, 0.25) is 0 Å². The highest BCUT2D eigenvalue weighted by Gasteiger charge is 2.09. The first-order valence-corrected chi connectivity index (χ1v) is 6.23. The van der Waals surface area contributed by atoms with Crippen molar-refractivity contribution in [1.82, 2.24) is 0 Å². The van der Waals surface area contributed by atoms with Crippen molar-refractivity contribution in [3.8, 4) is 5.75 Å². The Labute approximate surface area is 116 Å². The summed E-state index contributed by atoms with van der Waals surface area (Å²) in [6, 6.07) is 14.2. The molecule has 0 aliphatic heterocycles. The third kappa shape index (κ3) is 3.39. The highest BCUT2D eigenvalue weighted by molar-refractivity contribution is 6.32. The lowest BCUT2D eigenvalue weighted by Gasteiger charge is -2.13. The summed E-state index contributed by atoms with van der Waals surface area (Å²) < 4.78 is 5.47. The first-order chi connectivity index (χ1) is 8.66. The van der Waals surface area contributed by atoms with Crippen LogP contribution in [0.5, 0.6) is 5.75 Å². The van der Waals surface area contributed by atoms with Gasteiger partial charge in [-0.1, -0.05) is 47.5 Å². The van der Waals surface area contributed by atoms with E-state index in [4.69, 9.17) is 27.9 Å². The van der Waals surface area contributed by atoms with Crippen molar-refractivity contribution in [2.24, 2.45) is 0 Å². The summed E-state index contributed by atoms with van der Waals surface area (Å²) in [5.74, 6) is 0.556. The van der Waals surface area contributed by atoms with Crippen LogP contribution in [0.25, 0.3) is 0 Å². The molecule has 2 aromatic carbocycles. The molecule has 94 valence electrons. The SMILES string of the molecule is OC(COc1ccccc1Cl)c1cccc(Cl)c1. The quantitative estimate of drug-likeness (QED) is 0.915. The molecule has 0 amide bonds. The number of hydrogen-bond acceptors (Lipinski definition) is 2. The van der Waals surface area contributed by atoms with Crippen LogP contribution in [0.15, 0.2) is 48.5 Å². The Morgan fingerprint density at radius 3 is 2.56 bits per heavy atom. The zero-order valence-corrected chi connectivity index (χ0v) is 11.0. The second-order valence-electron chi connectivity index (χ2n) is 3.81. The van der Waals surface area contributed by atoms with E-state index in [0.717, 1.165) is 5.56 Å². The number of hydrogen-bond donors (Lipinski definition) is 1. The molecular weight excluding hydrogens is 271 g/mol. The molecule has 0 saturated heterocycles. The fourth-order valence-corrected chi connectivity index (χ4v) is 1.93. The van der Waals surface area contributed by atoms with Crippen LogP contribution in [-0.4, -0.2) is 11.7 Å². The van der Waals surface area contributed by atoms with Crippen LogP contribution in [-0.2, 0) is 0 Å². The highest BCUT2D eigenvalue weighted by atomic mass is 35.5. The van der Waals surface area contributed by atoms with Crippen molar-refractivity contribution in [2.75, 3.05) is 6.61 Å². The topological polar surface area (TPSA) is 29.5 Å². The first kappa shape index (κ1) is 13.2. The molecule has 0 heterocycles. The molecule has 2 rings (SSSR count). The molecule has 2 aromatic rings. The second kappa shape index (κ2) is 6.10. The van der Waals surface area contributed by atoms with Crippen LogP contribution in [0.3, 0.4) is 0 Å². The molecule has 1 unspecified atom stereocenters. The predicted octanol–water partition coefficient (Wildman–Crippen LogP) is 4.11. The van der Waals surface area contributed by atoms with Crippen molar-refractivity contribution in [2.45, 2.75) is 6.10 Å². The lowest BCUT2D eigenvalue weighted by atomic mass is 10.1. The standard InChI is InChI=1S/C14H12Cl2O2/c15-11-5-3-4-10(8-11)13(17)9-18-14-7-2-1-6-12(14)16/h1-8,13,17H,9H2. The largest absolute Gasteiger partial charge is 0.489 e.